The van der Waals surface area contributed by atoms with Gasteiger partial charge in [0.1, 0.15) is 12.4 Å². The van der Waals surface area contributed by atoms with Crippen molar-refractivity contribution in [1.29, 1.82) is 0 Å². The SMILES string of the molecule is c1cc(COc2cc3c(cc2CNC2CC2)OCO3)on1. The van der Waals surface area contributed by atoms with Crippen molar-refractivity contribution in [2.24, 2.45) is 0 Å². The van der Waals surface area contributed by atoms with Gasteiger partial charge in [0.2, 0.25) is 6.79 Å². The first-order valence-corrected chi connectivity index (χ1v) is 7.07. The van der Waals surface area contributed by atoms with Gasteiger partial charge in [-0.3, -0.25) is 0 Å². The third kappa shape index (κ3) is 2.80. The van der Waals surface area contributed by atoms with Gasteiger partial charge in [-0.2, -0.15) is 0 Å². The first kappa shape index (κ1) is 12.5. The van der Waals surface area contributed by atoms with Gasteiger partial charge < -0.3 is 24.1 Å². The second kappa shape index (κ2) is 5.29. The van der Waals surface area contributed by atoms with Crippen LogP contribution in [0.2, 0.25) is 0 Å². The van der Waals surface area contributed by atoms with Crippen LogP contribution in [0.3, 0.4) is 0 Å². The van der Waals surface area contributed by atoms with Crippen LogP contribution < -0.4 is 19.5 Å². The predicted molar refractivity (Wildman–Crippen MR) is 73.3 cm³/mol. The minimum atomic E-state index is 0.260. The van der Waals surface area contributed by atoms with E-state index in [0.29, 0.717) is 18.4 Å². The summed E-state index contributed by atoms with van der Waals surface area (Å²) in [7, 11) is 0. The molecule has 0 radical (unpaired) electrons. The molecule has 2 aromatic rings. The summed E-state index contributed by atoms with van der Waals surface area (Å²) in [5, 5.41) is 7.16. The maximum absolute atomic E-state index is 5.85. The first-order valence-electron chi connectivity index (χ1n) is 7.07. The van der Waals surface area contributed by atoms with Crippen molar-refractivity contribution >= 4 is 0 Å². The number of nitrogens with zero attached hydrogens (tertiary/aromatic N) is 1. The third-order valence-electron chi connectivity index (χ3n) is 3.58. The zero-order valence-corrected chi connectivity index (χ0v) is 11.5. The van der Waals surface area contributed by atoms with Gasteiger partial charge in [-0.25, -0.2) is 0 Å². The summed E-state index contributed by atoms with van der Waals surface area (Å²) in [6.45, 7) is 1.36. The molecule has 2 aliphatic rings. The fourth-order valence-corrected chi connectivity index (χ4v) is 2.25. The van der Waals surface area contributed by atoms with Gasteiger partial charge in [0.05, 0.1) is 6.20 Å². The van der Waals surface area contributed by atoms with Crippen LogP contribution in [0.5, 0.6) is 17.2 Å². The molecule has 1 aliphatic heterocycles. The molecular formula is C15H16N2O4. The fourth-order valence-electron chi connectivity index (χ4n) is 2.25. The van der Waals surface area contributed by atoms with Crippen molar-refractivity contribution in [1.82, 2.24) is 10.5 Å². The molecule has 0 amide bonds. The summed E-state index contributed by atoms with van der Waals surface area (Å²) in [6, 6.07) is 6.28. The Kier molecular flexibility index (Phi) is 3.16. The zero-order valence-electron chi connectivity index (χ0n) is 11.5. The molecule has 110 valence electrons. The Morgan fingerprint density at radius 3 is 2.86 bits per heavy atom. The summed E-state index contributed by atoms with van der Waals surface area (Å²) in [6.07, 6.45) is 4.10. The Bertz CT molecular complexity index is 623. The Labute approximate surface area is 122 Å². The summed E-state index contributed by atoms with van der Waals surface area (Å²) in [4.78, 5) is 0. The molecule has 6 heteroatoms. The highest BCUT2D eigenvalue weighted by atomic mass is 16.7. The Morgan fingerprint density at radius 1 is 1.24 bits per heavy atom. The lowest BCUT2D eigenvalue weighted by Crippen LogP contribution is -2.16. The molecule has 1 aliphatic carbocycles. The normalized spacial score (nSPS) is 16.2. The standard InChI is InChI=1S/C15H16N2O4/c1-2-11(1)16-7-10-5-14-15(20-9-19-14)6-13(10)18-8-12-3-4-17-21-12/h3-6,11,16H,1-2,7-9H2. The first-order chi connectivity index (χ1) is 10.4. The van der Waals surface area contributed by atoms with E-state index in [2.05, 4.69) is 10.5 Å². The van der Waals surface area contributed by atoms with E-state index < -0.39 is 0 Å². The van der Waals surface area contributed by atoms with Gasteiger partial charge in [0.15, 0.2) is 17.3 Å². The largest absolute Gasteiger partial charge is 0.485 e. The number of rotatable bonds is 6. The van der Waals surface area contributed by atoms with Crippen molar-refractivity contribution in [3.8, 4) is 17.2 Å². The van der Waals surface area contributed by atoms with E-state index in [1.54, 1.807) is 12.3 Å². The van der Waals surface area contributed by atoms with E-state index >= 15 is 0 Å². The highest BCUT2D eigenvalue weighted by molar-refractivity contribution is 5.51. The van der Waals surface area contributed by atoms with Crippen molar-refractivity contribution in [2.75, 3.05) is 6.79 Å². The molecule has 0 spiro atoms. The molecule has 6 nitrogen and oxygen atoms in total. The number of hydrogen-bond acceptors (Lipinski definition) is 6. The summed E-state index contributed by atoms with van der Waals surface area (Å²) in [5.74, 6) is 2.96. The number of fused-ring (bicyclic) bond motifs is 1. The molecule has 21 heavy (non-hydrogen) atoms. The summed E-state index contributed by atoms with van der Waals surface area (Å²) in [5.41, 5.74) is 1.06. The molecule has 0 bridgehead atoms. The predicted octanol–water partition coefficient (Wildman–Crippen LogP) is 2.23. The van der Waals surface area contributed by atoms with Crippen LogP contribution in [0, 0.1) is 0 Å². The zero-order chi connectivity index (χ0) is 14.1. The molecule has 0 atom stereocenters. The van der Waals surface area contributed by atoms with E-state index in [1.165, 1.54) is 12.8 Å². The highest BCUT2D eigenvalue weighted by Crippen LogP contribution is 2.38. The van der Waals surface area contributed by atoms with E-state index in [1.807, 2.05) is 12.1 Å². The average molecular weight is 288 g/mol. The fraction of sp³-hybridized carbons (Fsp3) is 0.400. The minimum absolute atomic E-state index is 0.260. The smallest absolute Gasteiger partial charge is 0.231 e. The van der Waals surface area contributed by atoms with Crippen molar-refractivity contribution < 1.29 is 18.7 Å². The van der Waals surface area contributed by atoms with E-state index in [4.69, 9.17) is 18.7 Å². The second-order valence-electron chi connectivity index (χ2n) is 5.24. The quantitative estimate of drug-likeness (QED) is 0.879. The number of benzene rings is 1. The maximum Gasteiger partial charge on any atom is 0.231 e. The molecule has 0 unspecified atom stereocenters. The van der Waals surface area contributed by atoms with Gasteiger partial charge in [0, 0.05) is 30.3 Å². The summed E-state index contributed by atoms with van der Waals surface area (Å²) < 4.78 is 21.7. The van der Waals surface area contributed by atoms with Crippen LogP contribution in [0.25, 0.3) is 0 Å². The molecule has 1 aromatic heterocycles. The Hall–Kier alpha value is -2.21. The van der Waals surface area contributed by atoms with Crippen LogP contribution in [0.1, 0.15) is 24.2 Å². The average Bonchev–Trinajstić information content (AvgIpc) is 3.00. The van der Waals surface area contributed by atoms with Gasteiger partial charge in [-0.05, 0) is 18.9 Å². The van der Waals surface area contributed by atoms with E-state index in [0.717, 1.165) is 29.4 Å². The van der Waals surface area contributed by atoms with E-state index in [9.17, 15) is 0 Å². The third-order valence-corrected chi connectivity index (χ3v) is 3.58. The number of hydrogen-bond donors (Lipinski definition) is 1. The van der Waals surface area contributed by atoms with Crippen molar-refractivity contribution in [2.45, 2.75) is 32.0 Å². The van der Waals surface area contributed by atoms with Crippen LogP contribution in [-0.2, 0) is 13.2 Å². The lowest BCUT2D eigenvalue weighted by molar-refractivity contribution is 0.173. The Balaban J connectivity index is 1.53. The molecule has 1 aromatic carbocycles. The van der Waals surface area contributed by atoms with E-state index in [-0.39, 0.29) is 6.79 Å². The van der Waals surface area contributed by atoms with Gasteiger partial charge in [-0.15, -0.1) is 0 Å². The van der Waals surface area contributed by atoms with Crippen molar-refractivity contribution in [3.63, 3.8) is 0 Å². The highest BCUT2D eigenvalue weighted by Gasteiger charge is 2.23. The van der Waals surface area contributed by atoms with Crippen LogP contribution >= 0.6 is 0 Å². The molecule has 2 heterocycles. The van der Waals surface area contributed by atoms with Gasteiger partial charge in [-0.1, -0.05) is 5.16 Å². The van der Waals surface area contributed by atoms with Crippen LogP contribution in [-0.4, -0.2) is 18.0 Å². The topological polar surface area (TPSA) is 65.8 Å². The number of nitrogens with one attached hydrogen (secondary N) is 1. The monoisotopic (exact) mass is 288 g/mol. The van der Waals surface area contributed by atoms with Crippen LogP contribution in [0.4, 0.5) is 0 Å². The number of aromatic nitrogens is 1. The molecule has 4 rings (SSSR count). The Morgan fingerprint density at radius 2 is 2.10 bits per heavy atom. The summed E-state index contributed by atoms with van der Waals surface area (Å²) >= 11 is 0. The second-order valence-corrected chi connectivity index (χ2v) is 5.24. The van der Waals surface area contributed by atoms with Gasteiger partial charge >= 0.3 is 0 Å². The molecule has 1 saturated carbocycles. The molecule has 0 saturated heterocycles. The van der Waals surface area contributed by atoms with Crippen LogP contribution in [0.15, 0.2) is 28.9 Å². The lowest BCUT2D eigenvalue weighted by atomic mass is 10.1. The minimum Gasteiger partial charge on any atom is -0.485 e. The maximum atomic E-state index is 5.85. The molecule has 1 fully saturated rings. The lowest BCUT2D eigenvalue weighted by Gasteiger charge is -2.12. The van der Waals surface area contributed by atoms with Crippen molar-refractivity contribution in [3.05, 3.63) is 35.7 Å². The number of ether oxygens (including phenoxy) is 3. The van der Waals surface area contributed by atoms with Gasteiger partial charge in [0.25, 0.3) is 0 Å². The molecule has 1 N–H and O–H groups in total. The molecular weight excluding hydrogens is 272 g/mol.